The fourth-order valence-corrected chi connectivity index (χ4v) is 6.26. The zero-order valence-electron chi connectivity index (χ0n) is 20.8. The number of aromatic nitrogens is 2. The molecule has 1 aliphatic carbocycles. The Hall–Kier alpha value is -2.89. The molecule has 2 unspecified atom stereocenters. The van der Waals surface area contributed by atoms with E-state index in [1.807, 2.05) is 32.0 Å². The number of nitriles is 1. The topological polar surface area (TPSA) is 105 Å². The molecule has 2 atom stereocenters. The number of carboxylic acids is 1. The highest BCUT2D eigenvalue weighted by molar-refractivity contribution is 6.31. The number of aryl methyl sites for hydroxylation is 1. The quantitative estimate of drug-likeness (QED) is 0.563. The van der Waals surface area contributed by atoms with Crippen LogP contribution in [0.2, 0.25) is 5.02 Å². The van der Waals surface area contributed by atoms with Crippen molar-refractivity contribution in [3.63, 3.8) is 0 Å². The van der Waals surface area contributed by atoms with E-state index in [0.717, 1.165) is 56.6 Å². The molecule has 1 saturated carbocycles. The molecule has 0 spiro atoms. The van der Waals surface area contributed by atoms with E-state index in [0.29, 0.717) is 40.2 Å². The number of carbonyl (C=O) groups is 1. The van der Waals surface area contributed by atoms with Gasteiger partial charge < -0.3 is 20.2 Å². The third-order valence-electron chi connectivity index (χ3n) is 8.19. The van der Waals surface area contributed by atoms with Crippen molar-refractivity contribution in [1.29, 1.82) is 5.26 Å². The van der Waals surface area contributed by atoms with E-state index in [4.69, 9.17) is 16.6 Å². The summed E-state index contributed by atoms with van der Waals surface area (Å²) in [6, 6.07) is 8.57. The summed E-state index contributed by atoms with van der Waals surface area (Å²) in [6.07, 6.45) is 5.55. The van der Waals surface area contributed by atoms with Crippen LogP contribution in [0, 0.1) is 36.0 Å². The van der Waals surface area contributed by atoms with E-state index in [9.17, 15) is 15.2 Å². The first-order chi connectivity index (χ1) is 17.3. The number of likely N-dealkylation sites (tertiary alicyclic amines) is 1. The molecule has 2 saturated heterocycles. The summed E-state index contributed by atoms with van der Waals surface area (Å²) >= 11 is 6.45. The summed E-state index contributed by atoms with van der Waals surface area (Å²) in [7, 11) is 0. The third-order valence-corrected chi connectivity index (χ3v) is 8.52. The van der Waals surface area contributed by atoms with Crippen molar-refractivity contribution in [2.75, 3.05) is 36.4 Å². The molecule has 190 valence electrons. The number of nitrogens with zero attached hydrogens (tertiary/aromatic N) is 5. The highest BCUT2D eigenvalue weighted by Gasteiger charge is 2.42. The zero-order valence-corrected chi connectivity index (χ0v) is 21.6. The maximum atomic E-state index is 11.2. The number of anilines is 2. The lowest BCUT2D eigenvalue weighted by atomic mass is 9.76. The Kier molecular flexibility index (Phi) is 7.05. The molecule has 5 rings (SSSR count). The molecule has 8 nitrogen and oxygen atoms in total. The number of rotatable bonds is 7. The lowest BCUT2D eigenvalue weighted by Crippen LogP contribution is -2.56. The first-order valence-corrected chi connectivity index (χ1v) is 13.2. The van der Waals surface area contributed by atoms with Crippen LogP contribution < -0.4 is 10.2 Å². The Labute approximate surface area is 217 Å². The predicted molar refractivity (Wildman–Crippen MR) is 139 cm³/mol. The van der Waals surface area contributed by atoms with E-state index in [-0.39, 0.29) is 12.0 Å². The van der Waals surface area contributed by atoms with Gasteiger partial charge >= 0.3 is 5.97 Å². The Morgan fingerprint density at radius 3 is 2.75 bits per heavy atom. The number of benzene rings is 1. The second-order valence-electron chi connectivity index (χ2n) is 10.7. The minimum absolute atomic E-state index is 0.0576. The maximum absolute atomic E-state index is 11.2. The molecular weight excluding hydrogens is 476 g/mol. The molecule has 0 bridgehead atoms. The first-order valence-electron chi connectivity index (χ1n) is 12.8. The second-order valence-corrected chi connectivity index (χ2v) is 11.1. The minimum atomic E-state index is -0.656. The monoisotopic (exact) mass is 508 g/mol. The molecule has 1 aromatic carbocycles. The van der Waals surface area contributed by atoms with Gasteiger partial charge in [-0.25, -0.2) is 9.97 Å². The number of halogens is 1. The van der Waals surface area contributed by atoms with E-state index in [1.165, 1.54) is 6.42 Å². The average Bonchev–Trinajstić information content (AvgIpc) is 2.77. The van der Waals surface area contributed by atoms with Gasteiger partial charge in [-0.2, -0.15) is 5.26 Å². The van der Waals surface area contributed by atoms with Crippen LogP contribution in [-0.4, -0.2) is 58.2 Å². The number of nitrogens with one attached hydrogen (secondary N) is 1. The van der Waals surface area contributed by atoms with E-state index in [2.05, 4.69) is 26.2 Å². The van der Waals surface area contributed by atoms with Crippen LogP contribution in [0.25, 0.3) is 0 Å². The fourth-order valence-electron chi connectivity index (χ4n) is 5.86. The van der Waals surface area contributed by atoms with Crippen LogP contribution in [0.5, 0.6) is 0 Å². The Morgan fingerprint density at radius 2 is 2.06 bits per heavy atom. The highest BCUT2D eigenvalue weighted by atomic mass is 35.5. The predicted octanol–water partition coefficient (Wildman–Crippen LogP) is 4.49. The lowest BCUT2D eigenvalue weighted by Gasteiger charge is -2.50. The zero-order chi connectivity index (χ0) is 25.4. The Balaban J connectivity index is 1.20. The Bertz CT molecular complexity index is 1170. The van der Waals surface area contributed by atoms with Crippen LogP contribution in [-0.2, 0) is 4.79 Å². The van der Waals surface area contributed by atoms with Crippen molar-refractivity contribution in [3.8, 4) is 6.07 Å². The SMILES string of the molecule is Cc1ccc(C(C)Nc2cnc(C#N)c(N3CC(C4CCCN(C5CC(C(=O)O)C5)C4)C3)n2)c(Cl)c1. The maximum Gasteiger partial charge on any atom is 0.306 e. The number of hydrogen-bond acceptors (Lipinski definition) is 7. The van der Waals surface area contributed by atoms with Crippen molar-refractivity contribution >= 4 is 29.2 Å². The van der Waals surface area contributed by atoms with Gasteiger partial charge in [0.15, 0.2) is 11.5 Å². The van der Waals surface area contributed by atoms with Crippen molar-refractivity contribution in [3.05, 3.63) is 46.2 Å². The van der Waals surface area contributed by atoms with Gasteiger partial charge in [0.25, 0.3) is 0 Å². The summed E-state index contributed by atoms with van der Waals surface area (Å²) < 4.78 is 0. The van der Waals surface area contributed by atoms with E-state index < -0.39 is 5.97 Å². The molecule has 3 fully saturated rings. The van der Waals surface area contributed by atoms with Crippen molar-refractivity contribution < 1.29 is 9.90 Å². The van der Waals surface area contributed by atoms with Gasteiger partial charge in [0.05, 0.1) is 18.2 Å². The van der Waals surface area contributed by atoms with Crippen LogP contribution >= 0.6 is 11.6 Å². The molecule has 2 aliphatic heterocycles. The van der Waals surface area contributed by atoms with Crippen molar-refractivity contribution in [1.82, 2.24) is 14.9 Å². The van der Waals surface area contributed by atoms with Crippen LogP contribution in [0.4, 0.5) is 11.6 Å². The number of piperidine rings is 1. The molecule has 3 heterocycles. The molecule has 9 heteroatoms. The first kappa shape index (κ1) is 24.8. The Morgan fingerprint density at radius 1 is 1.28 bits per heavy atom. The van der Waals surface area contributed by atoms with Gasteiger partial charge in [-0.05, 0) is 75.1 Å². The third kappa shape index (κ3) is 5.00. The summed E-state index contributed by atoms with van der Waals surface area (Å²) in [5.41, 5.74) is 2.45. The van der Waals surface area contributed by atoms with Gasteiger partial charge in [0.1, 0.15) is 11.9 Å². The lowest BCUT2D eigenvalue weighted by molar-refractivity contribution is -0.147. The second kappa shape index (κ2) is 10.2. The van der Waals surface area contributed by atoms with Gasteiger partial charge in [-0.15, -0.1) is 0 Å². The van der Waals surface area contributed by atoms with E-state index >= 15 is 0 Å². The fraction of sp³-hybridized carbons (Fsp3) is 0.556. The summed E-state index contributed by atoms with van der Waals surface area (Å²) in [6.45, 7) is 7.90. The molecule has 2 N–H and O–H groups in total. The molecule has 1 aromatic heterocycles. The summed E-state index contributed by atoms with van der Waals surface area (Å²) in [5, 5.41) is 22.9. The van der Waals surface area contributed by atoms with E-state index in [1.54, 1.807) is 6.20 Å². The molecule has 0 amide bonds. The van der Waals surface area contributed by atoms with Crippen LogP contribution in [0.3, 0.4) is 0 Å². The number of carboxylic acid groups (broad SMARTS) is 1. The molecule has 0 radical (unpaired) electrons. The highest BCUT2D eigenvalue weighted by Crippen LogP contribution is 2.39. The number of aliphatic carboxylic acids is 1. The van der Waals surface area contributed by atoms with Gasteiger partial charge in [0, 0.05) is 30.7 Å². The summed E-state index contributed by atoms with van der Waals surface area (Å²) in [5.74, 6) is 1.59. The van der Waals surface area contributed by atoms with Crippen molar-refractivity contribution in [2.24, 2.45) is 17.8 Å². The van der Waals surface area contributed by atoms with Crippen LogP contribution in [0.15, 0.2) is 24.4 Å². The normalized spacial score (nSPS) is 25.4. The minimum Gasteiger partial charge on any atom is -0.481 e. The largest absolute Gasteiger partial charge is 0.481 e. The molecule has 36 heavy (non-hydrogen) atoms. The van der Waals surface area contributed by atoms with Crippen molar-refractivity contribution in [2.45, 2.75) is 51.6 Å². The van der Waals surface area contributed by atoms with Gasteiger partial charge in [0.2, 0.25) is 0 Å². The molecule has 3 aliphatic rings. The molecule has 2 aromatic rings. The smallest absolute Gasteiger partial charge is 0.306 e. The standard InChI is InChI=1S/C27H33ClN6O2/c1-16-5-6-22(23(28)8-16)17(2)31-25-12-30-24(11-29)26(32-25)34-14-20(15-34)18-4-3-7-33(13-18)21-9-19(10-21)27(35)36/h5-6,8,12,17-21H,3-4,7,9-10,13-15H2,1-2H3,(H,31,32)(H,35,36). The average molecular weight is 509 g/mol. The van der Waals surface area contributed by atoms with Gasteiger partial charge in [-0.1, -0.05) is 23.7 Å². The van der Waals surface area contributed by atoms with Gasteiger partial charge in [-0.3, -0.25) is 4.79 Å². The van der Waals surface area contributed by atoms with Crippen LogP contribution in [0.1, 0.15) is 55.5 Å². The number of hydrogen-bond donors (Lipinski definition) is 2. The summed E-state index contributed by atoms with van der Waals surface area (Å²) in [4.78, 5) is 25.0. The molecular formula is C27H33ClN6O2.